The van der Waals surface area contributed by atoms with E-state index in [9.17, 15) is 9.50 Å². The average Bonchev–Trinajstić information content (AvgIpc) is 2.18. The third-order valence-electron chi connectivity index (χ3n) is 3.76. The van der Waals surface area contributed by atoms with Gasteiger partial charge in [0.15, 0.2) is 0 Å². The fourth-order valence-electron chi connectivity index (χ4n) is 2.55. The zero-order valence-electron chi connectivity index (χ0n) is 10.2. The summed E-state index contributed by atoms with van der Waals surface area (Å²) < 4.78 is 13.6. The molecule has 0 spiro atoms. The molecule has 1 fully saturated rings. The fraction of sp³-hybridized carbons (Fsp3) is 0.571. The summed E-state index contributed by atoms with van der Waals surface area (Å²) >= 11 is 5.70. The molecule has 0 radical (unpaired) electrons. The SMILES string of the molecule is CC(C)C1CC(O)(Cc2ccc(Cl)cc2F)C1. The molecule has 0 amide bonds. The van der Waals surface area contributed by atoms with Gasteiger partial charge in [0.1, 0.15) is 5.82 Å². The molecule has 0 atom stereocenters. The predicted molar refractivity (Wildman–Crippen MR) is 67.6 cm³/mol. The Bertz CT molecular complexity index is 411. The number of benzene rings is 1. The van der Waals surface area contributed by atoms with Crippen LogP contribution in [-0.2, 0) is 6.42 Å². The molecule has 1 aromatic carbocycles. The standard InChI is InChI=1S/C14H18ClFO/c1-9(2)11-7-14(17,8-11)6-10-3-4-12(15)5-13(10)16/h3-5,9,11,17H,6-8H2,1-2H3. The molecule has 17 heavy (non-hydrogen) atoms. The van der Waals surface area contributed by atoms with E-state index in [1.54, 1.807) is 12.1 Å². The maximum absolute atomic E-state index is 13.6. The van der Waals surface area contributed by atoms with Crippen LogP contribution in [0.25, 0.3) is 0 Å². The van der Waals surface area contributed by atoms with Crippen molar-refractivity contribution in [3.8, 4) is 0 Å². The monoisotopic (exact) mass is 256 g/mol. The molecule has 0 aliphatic heterocycles. The summed E-state index contributed by atoms with van der Waals surface area (Å²) in [6.45, 7) is 4.32. The lowest BCUT2D eigenvalue weighted by Gasteiger charge is -2.46. The van der Waals surface area contributed by atoms with Gasteiger partial charge in [0, 0.05) is 11.4 Å². The number of hydrogen-bond acceptors (Lipinski definition) is 1. The Balaban J connectivity index is 2.02. The van der Waals surface area contributed by atoms with Crippen LogP contribution >= 0.6 is 11.6 Å². The van der Waals surface area contributed by atoms with E-state index in [1.165, 1.54) is 6.07 Å². The molecule has 94 valence electrons. The quantitative estimate of drug-likeness (QED) is 0.872. The van der Waals surface area contributed by atoms with Gasteiger partial charge in [0.05, 0.1) is 5.60 Å². The fourth-order valence-corrected chi connectivity index (χ4v) is 2.71. The molecule has 1 nitrogen and oxygen atoms in total. The van der Waals surface area contributed by atoms with Crippen molar-refractivity contribution in [2.24, 2.45) is 11.8 Å². The van der Waals surface area contributed by atoms with E-state index in [1.807, 2.05) is 0 Å². The maximum atomic E-state index is 13.6. The summed E-state index contributed by atoms with van der Waals surface area (Å²) in [6.07, 6.45) is 1.93. The topological polar surface area (TPSA) is 20.2 Å². The highest BCUT2D eigenvalue weighted by Gasteiger charge is 2.43. The van der Waals surface area contributed by atoms with Crippen molar-refractivity contribution in [1.82, 2.24) is 0 Å². The summed E-state index contributed by atoms with van der Waals surface area (Å²) in [7, 11) is 0. The summed E-state index contributed by atoms with van der Waals surface area (Å²) in [5.41, 5.74) is -0.164. The normalized spacial score (nSPS) is 28.2. The van der Waals surface area contributed by atoms with E-state index in [4.69, 9.17) is 11.6 Å². The van der Waals surface area contributed by atoms with Gasteiger partial charge < -0.3 is 5.11 Å². The Hall–Kier alpha value is -0.600. The van der Waals surface area contributed by atoms with E-state index in [2.05, 4.69) is 13.8 Å². The van der Waals surface area contributed by atoms with E-state index < -0.39 is 5.60 Å². The molecule has 0 aromatic heterocycles. The molecule has 1 aliphatic rings. The van der Waals surface area contributed by atoms with Gasteiger partial charge in [-0.15, -0.1) is 0 Å². The molecule has 0 bridgehead atoms. The minimum absolute atomic E-state index is 0.320. The molecular weight excluding hydrogens is 239 g/mol. The number of hydrogen-bond donors (Lipinski definition) is 1. The Kier molecular flexibility index (Phi) is 3.46. The van der Waals surface area contributed by atoms with Crippen molar-refractivity contribution in [2.75, 3.05) is 0 Å². The van der Waals surface area contributed by atoms with Crippen molar-refractivity contribution in [2.45, 2.75) is 38.7 Å². The molecular formula is C14H18ClFO. The number of halogens is 2. The van der Waals surface area contributed by atoms with Crippen LogP contribution in [-0.4, -0.2) is 10.7 Å². The van der Waals surface area contributed by atoms with Crippen LogP contribution in [0.5, 0.6) is 0 Å². The van der Waals surface area contributed by atoms with Crippen LogP contribution in [0.1, 0.15) is 32.3 Å². The Morgan fingerprint density at radius 1 is 1.47 bits per heavy atom. The molecule has 3 heteroatoms. The smallest absolute Gasteiger partial charge is 0.127 e. The molecule has 0 saturated heterocycles. The van der Waals surface area contributed by atoms with Gasteiger partial charge in [-0.3, -0.25) is 0 Å². The van der Waals surface area contributed by atoms with Crippen LogP contribution in [0.4, 0.5) is 4.39 Å². The Morgan fingerprint density at radius 3 is 2.65 bits per heavy atom. The van der Waals surface area contributed by atoms with Crippen molar-refractivity contribution >= 4 is 11.6 Å². The first kappa shape index (κ1) is 12.8. The second-order valence-electron chi connectivity index (χ2n) is 5.55. The molecule has 0 heterocycles. The number of aliphatic hydroxyl groups is 1. The van der Waals surface area contributed by atoms with E-state index in [-0.39, 0.29) is 5.82 Å². The molecule has 1 aromatic rings. The van der Waals surface area contributed by atoms with Crippen molar-refractivity contribution < 1.29 is 9.50 Å². The van der Waals surface area contributed by atoms with Gasteiger partial charge in [-0.2, -0.15) is 0 Å². The zero-order valence-corrected chi connectivity index (χ0v) is 11.0. The van der Waals surface area contributed by atoms with Crippen molar-refractivity contribution in [1.29, 1.82) is 0 Å². The van der Waals surface area contributed by atoms with Crippen molar-refractivity contribution in [3.05, 3.63) is 34.6 Å². The molecule has 1 aliphatic carbocycles. The lowest BCUT2D eigenvalue weighted by molar-refractivity contribution is -0.0864. The van der Waals surface area contributed by atoms with Gasteiger partial charge in [0.2, 0.25) is 0 Å². The van der Waals surface area contributed by atoms with Crippen LogP contribution in [0.2, 0.25) is 5.02 Å². The zero-order chi connectivity index (χ0) is 12.6. The second kappa shape index (κ2) is 4.58. The number of rotatable bonds is 3. The first-order chi connectivity index (χ1) is 7.89. The third kappa shape index (κ3) is 2.80. The summed E-state index contributed by atoms with van der Waals surface area (Å²) in [6, 6.07) is 4.64. The highest BCUT2D eigenvalue weighted by molar-refractivity contribution is 6.30. The van der Waals surface area contributed by atoms with Gasteiger partial charge in [0.25, 0.3) is 0 Å². The average molecular weight is 257 g/mol. The van der Waals surface area contributed by atoms with E-state index in [0.717, 1.165) is 12.8 Å². The predicted octanol–water partition coefficient (Wildman–Crippen LogP) is 3.82. The highest BCUT2D eigenvalue weighted by Crippen LogP contribution is 2.44. The minimum Gasteiger partial charge on any atom is -0.390 e. The molecule has 1 N–H and O–H groups in total. The van der Waals surface area contributed by atoms with Crippen LogP contribution in [0.3, 0.4) is 0 Å². The van der Waals surface area contributed by atoms with Crippen molar-refractivity contribution in [3.63, 3.8) is 0 Å². The lowest BCUT2D eigenvalue weighted by atomic mass is 9.64. The lowest BCUT2D eigenvalue weighted by Crippen LogP contribution is -2.47. The third-order valence-corrected chi connectivity index (χ3v) is 4.00. The van der Waals surface area contributed by atoms with Gasteiger partial charge in [-0.25, -0.2) is 4.39 Å². The van der Waals surface area contributed by atoms with Gasteiger partial charge >= 0.3 is 0 Å². The van der Waals surface area contributed by atoms with Gasteiger partial charge in [-0.1, -0.05) is 31.5 Å². The highest BCUT2D eigenvalue weighted by atomic mass is 35.5. The Morgan fingerprint density at radius 2 is 2.12 bits per heavy atom. The van der Waals surface area contributed by atoms with Crippen LogP contribution < -0.4 is 0 Å². The second-order valence-corrected chi connectivity index (χ2v) is 5.99. The Labute approximate surface area is 107 Å². The molecule has 1 saturated carbocycles. The van der Waals surface area contributed by atoms with Crippen LogP contribution in [0.15, 0.2) is 18.2 Å². The van der Waals surface area contributed by atoms with E-state index >= 15 is 0 Å². The summed E-state index contributed by atoms with van der Waals surface area (Å²) in [5.74, 6) is 0.833. The maximum Gasteiger partial charge on any atom is 0.127 e. The van der Waals surface area contributed by atoms with Crippen LogP contribution in [0, 0.1) is 17.7 Å². The molecule has 0 unspecified atom stereocenters. The van der Waals surface area contributed by atoms with E-state index in [0.29, 0.717) is 28.8 Å². The summed E-state index contributed by atoms with van der Waals surface area (Å²) in [5, 5.41) is 10.7. The molecule has 2 rings (SSSR count). The summed E-state index contributed by atoms with van der Waals surface area (Å²) in [4.78, 5) is 0. The first-order valence-corrected chi connectivity index (χ1v) is 6.44. The minimum atomic E-state index is -0.719. The van der Waals surface area contributed by atoms with Gasteiger partial charge in [-0.05, 0) is 42.4 Å². The first-order valence-electron chi connectivity index (χ1n) is 6.06. The largest absolute Gasteiger partial charge is 0.390 e.